The fourth-order valence-electron chi connectivity index (χ4n) is 2.40. The van der Waals surface area contributed by atoms with E-state index in [9.17, 15) is 9.59 Å². The molecule has 0 unspecified atom stereocenters. The minimum absolute atomic E-state index is 0.0128. The van der Waals surface area contributed by atoms with Crippen LogP contribution in [-0.4, -0.2) is 43.7 Å². The molecular weight excluding hydrogens is 328 g/mol. The molecule has 8 heteroatoms. The van der Waals surface area contributed by atoms with Gasteiger partial charge in [0.25, 0.3) is 5.91 Å². The van der Waals surface area contributed by atoms with E-state index in [1.54, 1.807) is 12.1 Å². The lowest BCUT2D eigenvalue weighted by Crippen LogP contribution is -2.35. The zero-order valence-corrected chi connectivity index (χ0v) is 13.7. The molecule has 3 heterocycles. The maximum absolute atomic E-state index is 12.1. The maximum Gasteiger partial charge on any atom is 0.258 e. The van der Waals surface area contributed by atoms with Crippen molar-refractivity contribution in [2.24, 2.45) is 0 Å². The number of carbonyl (C=O) groups is 1. The summed E-state index contributed by atoms with van der Waals surface area (Å²) in [5, 5.41) is 2.63. The van der Waals surface area contributed by atoms with Gasteiger partial charge in [0.1, 0.15) is 17.8 Å². The molecular formula is C17H20N2O6. The van der Waals surface area contributed by atoms with Gasteiger partial charge in [0.2, 0.25) is 11.2 Å². The largest absolute Gasteiger partial charge is 0.477 e. The molecule has 0 saturated carbocycles. The summed E-state index contributed by atoms with van der Waals surface area (Å²) < 4.78 is 21.1. The third-order valence-corrected chi connectivity index (χ3v) is 3.73. The number of rotatable bonds is 7. The summed E-state index contributed by atoms with van der Waals surface area (Å²) in [6, 6.07) is 4.89. The van der Waals surface area contributed by atoms with Gasteiger partial charge in [-0.1, -0.05) is 0 Å². The molecule has 2 aromatic heterocycles. The van der Waals surface area contributed by atoms with Crippen LogP contribution in [0.15, 0.2) is 44.4 Å². The van der Waals surface area contributed by atoms with Crippen molar-refractivity contribution in [1.29, 1.82) is 0 Å². The van der Waals surface area contributed by atoms with Crippen LogP contribution in [0.2, 0.25) is 0 Å². The summed E-state index contributed by atoms with van der Waals surface area (Å²) in [7, 11) is 0. The lowest BCUT2D eigenvalue weighted by Gasteiger charge is -2.25. The number of hydrogen-bond donors (Lipinski definition) is 1. The lowest BCUT2D eigenvalue weighted by atomic mass is 10.3. The monoisotopic (exact) mass is 348 g/mol. The number of furan rings is 1. The van der Waals surface area contributed by atoms with Crippen LogP contribution in [-0.2, 0) is 22.6 Å². The minimum Gasteiger partial charge on any atom is -0.477 e. The van der Waals surface area contributed by atoms with E-state index in [1.165, 1.54) is 18.6 Å². The standard InChI is InChI=1S/C17H20N2O6/c20-15-8-14(10-19-3-6-22-7-4-19)24-11-16(15)25-12-17(21)18-9-13-2-1-5-23-13/h1-2,5,8,11H,3-4,6-7,9-10,12H2,(H,18,21). The van der Waals surface area contributed by atoms with E-state index in [2.05, 4.69) is 10.2 Å². The van der Waals surface area contributed by atoms with Crippen molar-refractivity contribution in [3.63, 3.8) is 0 Å². The zero-order chi connectivity index (χ0) is 17.5. The smallest absolute Gasteiger partial charge is 0.258 e. The SMILES string of the molecule is O=C(COc1coc(CN2CCOCC2)cc1=O)NCc1ccco1. The van der Waals surface area contributed by atoms with E-state index in [0.29, 0.717) is 31.3 Å². The van der Waals surface area contributed by atoms with Gasteiger partial charge in [-0.05, 0) is 12.1 Å². The Labute approximate surface area is 144 Å². The van der Waals surface area contributed by atoms with Gasteiger partial charge in [-0.3, -0.25) is 14.5 Å². The summed E-state index contributed by atoms with van der Waals surface area (Å²) in [5.74, 6) is 0.855. The Morgan fingerprint density at radius 3 is 2.80 bits per heavy atom. The minimum atomic E-state index is -0.354. The average molecular weight is 348 g/mol. The van der Waals surface area contributed by atoms with Gasteiger partial charge in [0.05, 0.1) is 32.6 Å². The van der Waals surface area contributed by atoms with E-state index in [-0.39, 0.29) is 30.2 Å². The summed E-state index contributed by atoms with van der Waals surface area (Å²) >= 11 is 0. The van der Waals surface area contributed by atoms with E-state index in [0.717, 1.165) is 13.1 Å². The highest BCUT2D eigenvalue weighted by atomic mass is 16.5. The van der Waals surface area contributed by atoms with E-state index >= 15 is 0 Å². The molecule has 0 aliphatic carbocycles. The molecule has 1 aliphatic heterocycles. The second-order valence-corrected chi connectivity index (χ2v) is 5.61. The number of nitrogens with one attached hydrogen (secondary N) is 1. The van der Waals surface area contributed by atoms with Crippen LogP contribution < -0.4 is 15.5 Å². The van der Waals surface area contributed by atoms with Crippen molar-refractivity contribution in [2.75, 3.05) is 32.9 Å². The molecule has 1 aliphatic rings. The highest BCUT2D eigenvalue weighted by Gasteiger charge is 2.14. The highest BCUT2D eigenvalue weighted by Crippen LogP contribution is 2.09. The molecule has 1 amide bonds. The van der Waals surface area contributed by atoms with Crippen LogP contribution in [0.4, 0.5) is 0 Å². The second kappa shape index (κ2) is 8.50. The van der Waals surface area contributed by atoms with Crippen LogP contribution in [0.25, 0.3) is 0 Å². The van der Waals surface area contributed by atoms with Gasteiger partial charge in [-0.2, -0.15) is 0 Å². The molecule has 8 nitrogen and oxygen atoms in total. The van der Waals surface area contributed by atoms with E-state index in [4.69, 9.17) is 18.3 Å². The molecule has 1 saturated heterocycles. The first-order valence-corrected chi connectivity index (χ1v) is 8.04. The van der Waals surface area contributed by atoms with Crippen LogP contribution in [0.3, 0.4) is 0 Å². The number of carbonyl (C=O) groups excluding carboxylic acids is 1. The number of hydrogen-bond acceptors (Lipinski definition) is 7. The normalized spacial score (nSPS) is 15.0. The number of nitrogens with zero attached hydrogens (tertiary/aromatic N) is 1. The Morgan fingerprint density at radius 2 is 2.08 bits per heavy atom. The van der Waals surface area contributed by atoms with Gasteiger partial charge in [0.15, 0.2) is 6.61 Å². The van der Waals surface area contributed by atoms with Crippen LogP contribution in [0.1, 0.15) is 11.5 Å². The fourth-order valence-corrected chi connectivity index (χ4v) is 2.40. The van der Waals surface area contributed by atoms with Crippen molar-refractivity contribution in [3.8, 4) is 5.75 Å². The summed E-state index contributed by atoms with van der Waals surface area (Å²) in [4.78, 5) is 25.9. The van der Waals surface area contributed by atoms with Crippen molar-refractivity contribution in [2.45, 2.75) is 13.1 Å². The van der Waals surface area contributed by atoms with Gasteiger partial charge < -0.3 is 23.6 Å². The summed E-state index contributed by atoms with van der Waals surface area (Å²) in [6.45, 7) is 3.51. The first kappa shape index (κ1) is 17.2. The van der Waals surface area contributed by atoms with Gasteiger partial charge in [0, 0.05) is 19.2 Å². The van der Waals surface area contributed by atoms with Gasteiger partial charge >= 0.3 is 0 Å². The Balaban J connectivity index is 1.47. The molecule has 0 spiro atoms. The number of ether oxygens (including phenoxy) is 2. The van der Waals surface area contributed by atoms with Gasteiger partial charge in [-0.15, -0.1) is 0 Å². The molecule has 1 N–H and O–H groups in total. The second-order valence-electron chi connectivity index (χ2n) is 5.61. The first-order chi connectivity index (χ1) is 12.2. The van der Waals surface area contributed by atoms with E-state index < -0.39 is 0 Å². The van der Waals surface area contributed by atoms with Gasteiger partial charge in [-0.25, -0.2) is 0 Å². The molecule has 2 aromatic rings. The van der Waals surface area contributed by atoms with Crippen molar-refractivity contribution in [1.82, 2.24) is 10.2 Å². The zero-order valence-electron chi connectivity index (χ0n) is 13.7. The molecule has 25 heavy (non-hydrogen) atoms. The van der Waals surface area contributed by atoms with Crippen LogP contribution in [0, 0.1) is 0 Å². The average Bonchev–Trinajstić information content (AvgIpc) is 3.14. The molecule has 0 aromatic carbocycles. The molecule has 0 atom stereocenters. The van der Waals surface area contributed by atoms with Crippen molar-refractivity contribution in [3.05, 3.63) is 52.5 Å². The Kier molecular flexibility index (Phi) is 5.86. The molecule has 1 fully saturated rings. The lowest BCUT2D eigenvalue weighted by molar-refractivity contribution is -0.123. The summed E-state index contributed by atoms with van der Waals surface area (Å²) in [6.07, 6.45) is 2.78. The number of amides is 1. The van der Waals surface area contributed by atoms with Crippen molar-refractivity contribution >= 4 is 5.91 Å². The fraction of sp³-hybridized carbons (Fsp3) is 0.412. The molecule has 3 rings (SSSR count). The maximum atomic E-state index is 12.1. The Morgan fingerprint density at radius 1 is 1.24 bits per heavy atom. The van der Waals surface area contributed by atoms with E-state index in [1.807, 2.05) is 0 Å². The quantitative estimate of drug-likeness (QED) is 0.789. The number of morpholine rings is 1. The predicted molar refractivity (Wildman–Crippen MR) is 87.1 cm³/mol. The first-order valence-electron chi connectivity index (χ1n) is 8.04. The third kappa shape index (κ3) is 5.20. The van der Waals surface area contributed by atoms with Crippen LogP contribution in [0.5, 0.6) is 5.75 Å². The summed E-state index contributed by atoms with van der Waals surface area (Å²) in [5.41, 5.74) is -0.312. The Bertz CT molecular complexity index is 734. The Hall–Kier alpha value is -2.58. The van der Waals surface area contributed by atoms with Crippen molar-refractivity contribution < 1.29 is 23.1 Å². The molecule has 134 valence electrons. The predicted octanol–water partition coefficient (Wildman–Crippen LogP) is 0.760. The molecule has 0 radical (unpaired) electrons. The highest BCUT2D eigenvalue weighted by molar-refractivity contribution is 5.77. The molecule has 0 bridgehead atoms. The third-order valence-electron chi connectivity index (χ3n) is 3.73. The topological polar surface area (TPSA) is 94.1 Å². The van der Waals surface area contributed by atoms with Crippen LogP contribution >= 0.6 is 0 Å².